The second kappa shape index (κ2) is 6.21. The van der Waals surface area contributed by atoms with Gasteiger partial charge >= 0.3 is 0 Å². The average Bonchev–Trinajstić information content (AvgIpc) is 2.41. The minimum atomic E-state index is -0.315. The number of hydrogen-bond donors (Lipinski definition) is 0. The summed E-state index contributed by atoms with van der Waals surface area (Å²) in [7, 11) is 0. The van der Waals surface area contributed by atoms with Gasteiger partial charge < -0.3 is 0 Å². The van der Waals surface area contributed by atoms with Crippen molar-refractivity contribution >= 4 is 33.4 Å². The van der Waals surface area contributed by atoms with Crippen molar-refractivity contribution in [1.82, 2.24) is 0 Å². The molecule has 0 unspecified atom stereocenters. The second-order valence-electron chi connectivity index (χ2n) is 3.96. The van der Waals surface area contributed by atoms with E-state index < -0.39 is 0 Å². The summed E-state index contributed by atoms with van der Waals surface area (Å²) in [4.78, 5) is 12.6. The van der Waals surface area contributed by atoms with E-state index in [9.17, 15) is 10.1 Å². The van der Waals surface area contributed by atoms with Crippen LogP contribution in [0.5, 0.6) is 0 Å². The Morgan fingerprint density at radius 1 is 1.16 bits per heavy atom. The Labute approximate surface area is 124 Å². The summed E-state index contributed by atoms with van der Waals surface area (Å²) in [6.45, 7) is 1.92. The van der Waals surface area contributed by atoms with Crippen LogP contribution in [-0.2, 0) is 6.42 Å². The van der Waals surface area contributed by atoms with Gasteiger partial charge in [-0.15, -0.1) is 0 Å². The Balaban J connectivity index is 2.28. The van der Waals surface area contributed by atoms with Gasteiger partial charge in [-0.1, -0.05) is 40.7 Å². The molecule has 0 bridgehead atoms. The largest absolute Gasteiger partial charge is 0.273 e. The van der Waals surface area contributed by atoms with Gasteiger partial charge in [-0.05, 0) is 36.8 Å². The lowest BCUT2D eigenvalue weighted by Gasteiger charge is -2.04. The maximum absolute atomic E-state index is 11.0. The van der Waals surface area contributed by atoms with Crippen LogP contribution >= 0.6 is 27.7 Å². The Kier molecular flexibility index (Phi) is 4.61. The van der Waals surface area contributed by atoms with Crippen LogP contribution in [0.1, 0.15) is 12.5 Å². The first kappa shape index (κ1) is 14.1. The van der Waals surface area contributed by atoms with E-state index in [1.807, 2.05) is 43.3 Å². The number of nitro groups is 1. The van der Waals surface area contributed by atoms with Crippen molar-refractivity contribution in [2.75, 3.05) is 0 Å². The maximum Gasteiger partial charge on any atom is 0.273 e. The molecule has 2 aromatic rings. The molecular formula is C14H12BrNO2S. The number of aryl methyl sites for hydroxylation is 1. The minimum absolute atomic E-state index is 0.199. The molecule has 0 aliphatic heterocycles. The molecule has 0 fully saturated rings. The molecular weight excluding hydrogens is 326 g/mol. The molecule has 0 aliphatic rings. The Hall–Kier alpha value is -1.33. The summed E-state index contributed by atoms with van der Waals surface area (Å²) in [5.74, 6) is 0. The molecule has 0 heterocycles. The van der Waals surface area contributed by atoms with E-state index >= 15 is 0 Å². The van der Waals surface area contributed by atoms with E-state index in [4.69, 9.17) is 0 Å². The van der Waals surface area contributed by atoms with Crippen molar-refractivity contribution in [2.24, 2.45) is 0 Å². The fraction of sp³-hybridized carbons (Fsp3) is 0.143. The van der Waals surface area contributed by atoms with Crippen molar-refractivity contribution in [1.29, 1.82) is 0 Å². The number of benzene rings is 2. The zero-order chi connectivity index (χ0) is 13.8. The monoisotopic (exact) mass is 337 g/mol. The van der Waals surface area contributed by atoms with Gasteiger partial charge in [0, 0.05) is 25.9 Å². The SMILES string of the molecule is CCc1ccc(Sc2ccc(Br)cc2)cc1[N+](=O)[O-]. The van der Waals surface area contributed by atoms with Gasteiger partial charge in [-0.3, -0.25) is 10.1 Å². The van der Waals surface area contributed by atoms with E-state index in [0.29, 0.717) is 6.42 Å². The predicted molar refractivity (Wildman–Crippen MR) is 80.7 cm³/mol. The fourth-order valence-electron chi connectivity index (χ4n) is 1.71. The fourth-order valence-corrected chi connectivity index (χ4v) is 2.83. The Bertz CT molecular complexity index is 599. The molecule has 2 rings (SSSR count). The maximum atomic E-state index is 11.0. The molecule has 0 N–H and O–H groups in total. The Morgan fingerprint density at radius 2 is 1.79 bits per heavy atom. The molecule has 0 amide bonds. The molecule has 19 heavy (non-hydrogen) atoms. The number of nitrogens with zero attached hydrogens (tertiary/aromatic N) is 1. The number of halogens is 1. The molecule has 2 aromatic carbocycles. The van der Waals surface area contributed by atoms with Crippen LogP contribution in [0.25, 0.3) is 0 Å². The normalized spacial score (nSPS) is 10.4. The van der Waals surface area contributed by atoms with Gasteiger partial charge in [-0.25, -0.2) is 0 Å². The highest BCUT2D eigenvalue weighted by Gasteiger charge is 2.13. The third kappa shape index (κ3) is 3.58. The van der Waals surface area contributed by atoms with Gasteiger partial charge in [-0.2, -0.15) is 0 Å². The molecule has 3 nitrogen and oxygen atoms in total. The Morgan fingerprint density at radius 3 is 2.37 bits per heavy atom. The van der Waals surface area contributed by atoms with Gasteiger partial charge in [0.1, 0.15) is 0 Å². The van der Waals surface area contributed by atoms with Crippen LogP contribution in [-0.4, -0.2) is 4.92 Å². The average molecular weight is 338 g/mol. The third-order valence-electron chi connectivity index (χ3n) is 2.68. The van der Waals surface area contributed by atoms with E-state index in [1.165, 1.54) is 11.8 Å². The van der Waals surface area contributed by atoms with Gasteiger partial charge in [0.05, 0.1) is 4.92 Å². The van der Waals surface area contributed by atoms with Crippen LogP contribution in [0.4, 0.5) is 5.69 Å². The summed E-state index contributed by atoms with van der Waals surface area (Å²) >= 11 is 4.90. The third-order valence-corrected chi connectivity index (χ3v) is 4.21. The van der Waals surface area contributed by atoms with E-state index in [2.05, 4.69) is 15.9 Å². The van der Waals surface area contributed by atoms with Crippen molar-refractivity contribution in [3.63, 3.8) is 0 Å². The summed E-state index contributed by atoms with van der Waals surface area (Å²) in [5.41, 5.74) is 0.967. The molecule has 0 aliphatic carbocycles. The summed E-state index contributed by atoms with van der Waals surface area (Å²) < 4.78 is 1.02. The van der Waals surface area contributed by atoms with Crippen molar-refractivity contribution in [3.8, 4) is 0 Å². The lowest BCUT2D eigenvalue weighted by molar-refractivity contribution is -0.385. The lowest BCUT2D eigenvalue weighted by atomic mass is 10.1. The zero-order valence-corrected chi connectivity index (χ0v) is 12.7. The second-order valence-corrected chi connectivity index (χ2v) is 6.02. The molecule has 0 saturated carbocycles. The summed E-state index contributed by atoms with van der Waals surface area (Å²) in [6.07, 6.45) is 0.666. The van der Waals surface area contributed by atoms with Crippen molar-refractivity contribution < 1.29 is 4.92 Å². The quantitative estimate of drug-likeness (QED) is 0.577. The molecule has 0 spiro atoms. The highest BCUT2D eigenvalue weighted by molar-refractivity contribution is 9.10. The molecule has 98 valence electrons. The highest BCUT2D eigenvalue weighted by atomic mass is 79.9. The molecule has 0 aromatic heterocycles. The van der Waals surface area contributed by atoms with E-state index in [1.54, 1.807) is 6.07 Å². The van der Waals surface area contributed by atoms with Crippen LogP contribution in [0.3, 0.4) is 0 Å². The van der Waals surface area contributed by atoms with Gasteiger partial charge in [0.15, 0.2) is 0 Å². The first-order chi connectivity index (χ1) is 9.10. The van der Waals surface area contributed by atoms with Crippen molar-refractivity contribution in [3.05, 3.63) is 62.6 Å². The van der Waals surface area contributed by atoms with Crippen molar-refractivity contribution in [2.45, 2.75) is 23.1 Å². The van der Waals surface area contributed by atoms with Crippen LogP contribution in [0, 0.1) is 10.1 Å². The lowest BCUT2D eigenvalue weighted by Crippen LogP contribution is -1.94. The number of hydrogen-bond acceptors (Lipinski definition) is 3. The molecule has 0 saturated heterocycles. The standard InChI is InChI=1S/C14H12BrNO2S/c1-2-10-3-6-13(9-14(10)16(17)18)19-12-7-4-11(15)5-8-12/h3-9H,2H2,1H3. The number of nitro benzene ring substituents is 1. The molecule has 5 heteroatoms. The summed E-state index contributed by atoms with van der Waals surface area (Å²) in [6, 6.07) is 13.3. The summed E-state index contributed by atoms with van der Waals surface area (Å²) in [5, 5.41) is 11.0. The van der Waals surface area contributed by atoms with E-state index in [-0.39, 0.29) is 10.6 Å². The van der Waals surface area contributed by atoms with Crippen LogP contribution in [0.2, 0.25) is 0 Å². The smallest absolute Gasteiger partial charge is 0.258 e. The van der Waals surface area contributed by atoms with E-state index in [0.717, 1.165) is 19.8 Å². The first-order valence-corrected chi connectivity index (χ1v) is 7.42. The zero-order valence-electron chi connectivity index (χ0n) is 10.3. The minimum Gasteiger partial charge on any atom is -0.258 e. The number of rotatable bonds is 4. The predicted octanol–water partition coefficient (Wildman–Crippen LogP) is 5.07. The van der Waals surface area contributed by atoms with Gasteiger partial charge in [0.2, 0.25) is 0 Å². The molecule has 0 radical (unpaired) electrons. The highest BCUT2D eigenvalue weighted by Crippen LogP contribution is 2.32. The van der Waals surface area contributed by atoms with Crippen LogP contribution < -0.4 is 0 Å². The van der Waals surface area contributed by atoms with Gasteiger partial charge in [0.25, 0.3) is 5.69 Å². The topological polar surface area (TPSA) is 43.1 Å². The van der Waals surface area contributed by atoms with Crippen LogP contribution in [0.15, 0.2) is 56.7 Å². The first-order valence-electron chi connectivity index (χ1n) is 5.81. The molecule has 0 atom stereocenters.